The number of hydrogen-bond acceptors (Lipinski definition) is 4. The minimum absolute atomic E-state index is 0.301. The third-order valence-electron chi connectivity index (χ3n) is 4.91. The number of anilines is 1. The van der Waals surface area contributed by atoms with Gasteiger partial charge in [-0.1, -0.05) is 30.7 Å². The molecule has 29 heavy (non-hydrogen) atoms. The van der Waals surface area contributed by atoms with Crippen LogP contribution in [0.3, 0.4) is 0 Å². The van der Waals surface area contributed by atoms with E-state index in [1.807, 2.05) is 13.0 Å². The normalized spacial score (nSPS) is 15.1. The summed E-state index contributed by atoms with van der Waals surface area (Å²) in [4.78, 5) is 18.4. The average molecular weight is 420 g/mol. The highest BCUT2D eigenvalue weighted by atomic mass is 35.5. The zero-order chi connectivity index (χ0) is 21.0. The fourth-order valence-electron chi connectivity index (χ4n) is 3.16. The number of aliphatic hydroxyl groups is 2. The van der Waals surface area contributed by atoms with E-state index in [1.165, 1.54) is 12.3 Å². The molecule has 1 aromatic carbocycles. The van der Waals surface area contributed by atoms with Crippen molar-refractivity contribution in [2.75, 3.05) is 25.0 Å². The lowest BCUT2D eigenvalue weighted by molar-refractivity contribution is 0.0953. The fourth-order valence-corrected chi connectivity index (χ4v) is 3.46. The first-order chi connectivity index (χ1) is 13.9. The van der Waals surface area contributed by atoms with Crippen molar-refractivity contribution in [2.24, 2.45) is 0 Å². The maximum Gasteiger partial charge on any atom is 0.322 e. The van der Waals surface area contributed by atoms with Crippen molar-refractivity contribution in [1.29, 1.82) is 0 Å². The first kappa shape index (κ1) is 21.2. The van der Waals surface area contributed by atoms with Gasteiger partial charge >= 0.3 is 6.03 Å². The molecule has 0 unspecified atom stereocenters. The lowest BCUT2D eigenvalue weighted by atomic mass is 10.0. The Balaban J connectivity index is 1.66. The molecule has 0 fully saturated rings. The highest BCUT2D eigenvalue weighted by molar-refractivity contribution is 6.32. The smallest absolute Gasteiger partial charge is 0.322 e. The molecule has 0 saturated heterocycles. The number of rotatable bonds is 5. The van der Waals surface area contributed by atoms with Crippen LogP contribution in [0.15, 0.2) is 36.5 Å². The van der Waals surface area contributed by atoms with Crippen molar-refractivity contribution in [3.8, 4) is 0 Å². The number of carbonyl (C=O) groups excluding carboxylic acids is 1. The van der Waals surface area contributed by atoms with E-state index >= 15 is 0 Å². The molecule has 2 aromatic rings. The Morgan fingerprint density at radius 1 is 1.41 bits per heavy atom. The van der Waals surface area contributed by atoms with Crippen LogP contribution >= 0.6 is 11.6 Å². The summed E-state index contributed by atoms with van der Waals surface area (Å²) in [6.45, 7) is 2.30. The van der Waals surface area contributed by atoms with Crippen LogP contribution in [0.1, 0.15) is 36.3 Å². The average Bonchev–Trinajstić information content (AvgIpc) is 2.73. The van der Waals surface area contributed by atoms with E-state index in [9.17, 15) is 14.3 Å². The summed E-state index contributed by atoms with van der Waals surface area (Å²) in [5.41, 5.74) is 2.97. The van der Waals surface area contributed by atoms with Crippen LogP contribution in [0, 0.1) is 5.82 Å². The Morgan fingerprint density at radius 3 is 2.79 bits per heavy atom. The molecule has 0 saturated carbocycles. The number of aromatic nitrogens is 1. The highest BCUT2D eigenvalue weighted by Crippen LogP contribution is 2.29. The lowest BCUT2D eigenvalue weighted by Crippen LogP contribution is -2.38. The van der Waals surface area contributed by atoms with Crippen LogP contribution in [0.25, 0.3) is 5.57 Å². The summed E-state index contributed by atoms with van der Waals surface area (Å²) in [7, 11) is 0. The molecule has 6 nitrogen and oxygen atoms in total. The quantitative estimate of drug-likeness (QED) is 0.688. The molecule has 3 N–H and O–H groups in total. The van der Waals surface area contributed by atoms with E-state index in [2.05, 4.69) is 10.3 Å². The van der Waals surface area contributed by atoms with Gasteiger partial charge in [0.25, 0.3) is 0 Å². The van der Waals surface area contributed by atoms with Crippen molar-refractivity contribution < 1.29 is 19.4 Å². The van der Waals surface area contributed by atoms with Gasteiger partial charge in [-0.25, -0.2) is 9.18 Å². The molecule has 2 heterocycles. The van der Waals surface area contributed by atoms with Gasteiger partial charge in [0.2, 0.25) is 0 Å². The molecule has 154 valence electrons. The molecule has 1 aromatic heterocycles. The molecule has 1 aliphatic rings. The van der Waals surface area contributed by atoms with Gasteiger partial charge in [-0.3, -0.25) is 4.98 Å². The van der Waals surface area contributed by atoms with Crippen LogP contribution in [0.4, 0.5) is 14.9 Å². The zero-order valence-corrected chi connectivity index (χ0v) is 16.8. The molecule has 3 rings (SSSR count). The number of halogens is 2. The summed E-state index contributed by atoms with van der Waals surface area (Å²) in [5, 5.41) is 21.8. The summed E-state index contributed by atoms with van der Waals surface area (Å²) in [6.07, 6.45) is 3.49. The molecule has 1 atom stereocenters. The molecule has 0 radical (unpaired) electrons. The Morgan fingerprint density at radius 2 is 2.21 bits per heavy atom. The van der Waals surface area contributed by atoms with Gasteiger partial charge < -0.3 is 20.4 Å². The number of aliphatic hydroxyl groups excluding tert-OH is 2. The predicted octanol–water partition coefficient (Wildman–Crippen LogP) is 3.78. The monoisotopic (exact) mass is 419 g/mol. The van der Waals surface area contributed by atoms with E-state index in [-0.39, 0.29) is 11.8 Å². The number of carbonyl (C=O) groups is 1. The van der Waals surface area contributed by atoms with Crippen LogP contribution in [-0.4, -0.2) is 45.8 Å². The summed E-state index contributed by atoms with van der Waals surface area (Å²) in [5.74, 6) is -0.332. The van der Waals surface area contributed by atoms with Gasteiger partial charge in [0, 0.05) is 30.5 Å². The minimum Gasteiger partial charge on any atom is -0.393 e. The molecule has 0 spiro atoms. The number of nitrogens with one attached hydrogen (secondary N) is 1. The molecule has 1 aliphatic heterocycles. The van der Waals surface area contributed by atoms with Crippen LogP contribution in [-0.2, 0) is 6.42 Å². The summed E-state index contributed by atoms with van der Waals surface area (Å²) >= 11 is 6.29. The van der Waals surface area contributed by atoms with Crippen molar-refractivity contribution in [1.82, 2.24) is 9.88 Å². The molecular formula is C21H23ClFN3O3. The largest absolute Gasteiger partial charge is 0.393 e. The van der Waals surface area contributed by atoms with Gasteiger partial charge in [0.1, 0.15) is 11.9 Å². The Bertz CT molecular complexity index is 935. The maximum atomic E-state index is 13.9. The van der Waals surface area contributed by atoms with Crippen LogP contribution < -0.4 is 5.32 Å². The second kappa shape index (κ2) is 9.35. The van der Waals surface area contributed by atoms with E-state index in [4.69, 9.17) is 16.7 Å². The Kier molecular flexibility index (Phi) is 6.84. The van der Waals surface area contributed by atoms with Gasteiger partial charge in [0.05, 0.1) is 17.3 Å². The van der Waals surface area contributed by atoms with Crippen molar-refractivity contribution >= 4 is 28.9 Å². The standard InChI is InChI=1S/C21H23ClFN3O3/c1-2-13-3-4-16(10-18(13)23)25-21(29)26-7-5-14(6-8-26)20-17(22)9-15(11-24-20)19(28)12-27/h3-5,9-11,19,27-28H,2,6-8,12H2,1H3,(H,25,29)/t19-/m0/s1. The van der Waals surface area contributed by atoms with Gasteiger partial charge in [-0.05, 0) is 42.2 Å². The molecule has 8 heteroatoms. The number of hydrogen-bond donors (Lipinski definition) is 3. The second-order valence-electron chi connectivity index (χ2n) is 6.81. The van der Waals surface area contributed by atoms with E-state index in [0.29, 0.717) is 53.5 Å². The number of pyridine rings is 1. The Hall–Kier alpha value is -2.48. The molecular weight excluding hydrogens is 397 g/mol. The van der Waals surface area contributed by atoms with Crippen molar-refractivity contribution in [3.63, 3.8) is 0 Å². The SMILES string of the molecule is CCc1ccc(NC(=O)N2CC=C(c3ncc([C@@H](O)CO)cc3Cl)CC2)cc1F. The number of aryl methyl sites for hydroxylation is 1. The number of nitrogens with zero attached hydrogens (tertiary/aromatic N) is 2. The molecule has 2 amide bonds. The summed E-state index contributed by atoms with van der Waals surface area (Å²) in [6, 6.07) is 5.97. The molecule has 0 bridgehead atoms. The lowest BCUT2D eigenvalue weighted by Gasteiger charge is -2.27. The molecule has 0 aliphatic carbocycles. The summed E-state index contributed by atoms with van der Waals surface area (Å²) < 4.78 is 13.9. The van der Waals surface area contributed by atoms with Crippen molar-refractivity contribution in [2.45, 2.75) is 25.9 Å². The van der Waals surface area contributed by atoms with E-state index in [0.717, 1.165) is 5.57 Å². The number of amides is 2. The zero-order valence-electron chi connectivity index (χ0n) is 16.0. The minimum atomic E-state index is -1.02. The number of benzene rings is 1. The third kappa shape index (κ3) is 4.93. The topological polar surface area (TPSA) is 85.7 Å². The van der Waals surface area contributed by atoms with E-state index in [1.54, 1.807) is 23.1 Å². The second-order valence-corrected chi connectivity index (χ2v) is 7.22. The Labute approximate surface area is 173 Å². The van der Waals surface area contributed by atoms with Gasteiger partial charge in [-0.2, -0.15) is 0 Å². The number of urea groups is 1. The van der Waals surface area contributed by atoms with Crippen LogP contribution in [0.5, 0.6) is 0 Å². The first-order valence-electron chi connectivity index (χ1n) is 9.41. The fraction of sp³-hybridized carbons (Fsp3) is 0.333. The van der Waals surface area contributed by atoms with Crippen molar-refractivity contribution in [3.05, 3.63) is 64.2 Å². The first-order valence-corrected chi connectivity index (χ1v) is 9.78. The third-order valence-corrected chi connectivity index (χ3v) is 5.19. The predicted molar refractivity (Wildman–Crippen MR) is 110 cm³/mol. The van der Waals surface area contributed by atoms with E-state index < -0.39 is 12.7 Å². The maximum absolute atomic E-state index is 13.9. The van der Waals surface area contributed by atoms with Gasteiger partial charge in [-0.15, -0.1) is 0 Å². The highest BCUT2D eigenvalue weighted by Gasteiger charge is 2.21. The van der Waals surface area contributed by atoms with Crippen LogP contribution in [0.2, 0.25) is 5.02 Å². The van der Waals surface area contributed by atoms with Gasteiger partial charge in [0.15, 0.2) is 0 Å².